The first-order valence-electron chi connectivity index (χ1n) is 37.0. The van der Waals surface area contributed by atoms with Gasteiger partial charge in [-0.05, 0) is 240 Å². The second-order valence-corrected chi connectivity index (χ2v) is 28.2. The molecule has 2 nitrogen and oxygen atoms in total. The quantitative estimate of drug-likeness (QED) is 0.0414. The molecule has 0 bridgehead atoms. The van der Waals surface area contributed by atoms with Crippen LogP contribution in [0.25, 0.3) is 77.2 Å². The lowest BCUT2D eigenvalue weighted by atomic mass is 9.78. The SMILES string of the molecule is CCCCCCCCc1cc(-c2ccc(N(c3ccc(-c4ccccc4)cc3)c3ccc(C(C)(C)CC)cc3)cc2)c2ccccc2c1-c1c(CCCCCCCC)cc(-c2ccc(N(c3ccc(-c4ccccc4)cc3)c3ccc(C(C)(CC)CC)cc3)cc2)c2ccccc12. The van der Waals surface area contributed by atoms with Gasteiger partial charge in [0.1, 0.15) is 0 Å². The van der Waals surface area contributed by atoms with Gasteiger partial charge < -0.3 is 9.80 Å². The van der Waals surface area contributed by atoms with Gasteiger partial charge in [0, 0.05) is 34.1 Å². The lowest BCUT2D eigenvalue weighted by molar-refractivity contribution is 0.439. The van der Waals surface area contributed by atoms with Crippen molar-refractivity contribution in [2.45, 2.75) is 175 Å². The molecule has 0 aromatic heterocycles. The van der Waals surface area contributed by atoms with Crippen molar-refractivity contribution in [3.8, 4) is 55.6 Å². The molecule has 12 aromatic rings. The highest BCUT2D eigenvalue weighted by Crippen LogP contribution is 2.48. The predicted molar refractivity (Wildman–Crippen MR) is 423 cm³/mol. The molecule has 0 amide bonds. The highest BCUT2D eigenvalue weighted by molar-refractivity contribution is 6.14. The molecular weight excluding hydrogens is 1170 g/mol. The minimum Gasteiger partial charge on any atom is -0.311 e. The summed E-state index contributed by atoms with van der Waals surface area (Å²) in [5.41, 5.74) is 25.5. The number of hydrogen-bond acceptors (Lipinski definition) is 2. The van der Waals surface area contributed by atoms with Crippen LogP contribution in [0, 0.1) is 0 Å². The number of nitrogens with zero attached hydrogens (tertiary/aromatic N) is 2. The molecule has 0 aliphatic heterocycles. The van der Waals surface area contributed by atoms with Gasteiger partial charge in [-0.15, -0.1) is 0 Å². The molecule has 0 fully saturated rings. The van der Waals surface area contributed by atoms with E-state index < -0.39 is 0 Å². The van der Waals surface area contributed by atoms with Gasteiger partial charge in [0.25, 0.3) is 0 Å². The van der Waals surface area contributed by atoms with E-state index in [0.717, 1.165) is 79.1 Å². The van der Waals surface area contributed by atoms with E-state index in [1.165, 1.54) is 164 Å². The van der Waals surface area contributed by atoms with E-state index in [1.54, 1.807) is 0 Å². The Balaban J connectivity index is 0.970. The number of aryl methyl sites for hydroxylation is 2. The number of rotatable bonds is 30. The van der Waals surface area contributed by atoms with E-state index in [4.69, 9.17) is 0 Å². The van der Waals surface area contributed by atoms with Crippen molar-refractivity contribution in [3.05, 3.63) is 289 Å². The van der Waals surface area contributed by atoms with Crippen molar-refractivity contribution < 1.29 is 0 Å². The first-order valence-corrected chi connectivity index (χ1v) is 37.0. The molecule has 12 aromatic carbocycles. The zero-order chi connectivity index (χ0) is 67.1. The van der Waals surface area contributed by atoms with E-state index in [0.29, 0.717) is 0 Å². The third-order valence-corrected chi connectivity index (χ3v) is 21.6. The van der Waals surface area contributed by atoms with Gasteiger partial charge >= 0.3 is 0 Å². The van der Waals surface area contributed by atoms with Crippen molar-refractivity contribution >= 4 is 55.7 Å². The van der Waals surface area contributed by atoms with Crippen molar-refractivity contribution in [1.82, 2.24) is 0 Å². The highest BCUT2D eigenvalue weighted by atomic mass is 15.1. The molecule has 97 heavy (non-hydrogen) atoms. The Kier molecular flexibility index (Phi) is 22.2. The van der Waals surface area contributed by atoms with Crippen LogP contribution in [0.2, 0.25) is 0 Å². The summed E-state index contributed by atoms with van der Waals surface area (Å²) in [6, 6.07) is 101. The topological polar surface area (TPSA) is 6.48 Å². The average molecular weight is 1270 g/mol. The molecule has 12 rings (SSSR count). The lowest BCUT2D eigenvalue weighted by Crippen LogP contribution is -2.19. The molecular formula is C95H102N2. The monoisotopic (exact) mass is 1270 g/mol. The van der Waals surface area contributed by atoms with E-state index in [9.17, 15) is 0 Å². The number of fused-ring (bicyclic) bond motifs is 2. The van der Waals surface area contributed by atoms with E-state index in [-0.39, 0.29) is 10.8 Å². The van der Waals surface area contributed by atoms with Gasteiger partial charge in [-0.1, -0.05) is 302 Å². The fourth-order valence-electron chi connectivity index (χ4n) is 14.8. The molecule has 0 atom stereocenters. The summed E-state index contributed by atoms with van der Waals surface area (Å²) in [4.78, 5) is 4.86. The Morgan fingerprint density at radius 2 is 0.546 bits per heavy atom. The fourth-order valence-corrected chi connectivity index (χ4v) is 14.8. The largest absolute Gasteiger partial charge is 0.311 e. The first-order chi connectivity index (χ1) is 47.5. The fraction of sp³-hybridized carbons (Fsp3) is 0.284. The Morgan fingerprint density at radius 1 is 0.258 bits per heavy atom. The van der Waals surface area contributed by atoms with Gasteiger partial charge in [-0.3, -0.25) is 0 Å². The molecule has 492 valence electrons. The van der Waals surface area contributed by atoms with E-state index in [2.05, 4.69) is 332 Å². The summed E-state index contributed by atoms with van der Waals surface area (Å²) in [5, 5.41) is 5.28. The normalized spacial score (nSPS) is 11.8. The Hall–Kier alpha value is -9.24. The summed E-state index contributed by atoms with van der Waals surface area (Å²) in [7, 11) is 0. The van der Waals surface area contributed by atoms with Crippen LogP contribution in [0.15, 0.2) is 267 Å². The third-order valence-electron chi connectivity index (χ3n) is 21.6. The average Bonchev–Trinajstić information content (AvgIpc) is 0.734. The number of unbranched alkanes of at least 4 members (excludes halogenated alkanes) is 10. The molecule has 0 saturated carbocycles. The third kappa shape index (κ3) is 15.3. The minimum absolute atomic E-state index is 0.0934. The van der Waals surface area contributed by atoms with Gasteiger partial charge in [0.15, 0.2) is 0 Å². The van der Waals surface area contributed by atoms with Crippen molar-refractivity contribution in [2.75, 3.05) is 9.80 Å². The van der Waals surface area contributed by atoms with Crippen LogP contribution in [-0.4, -0.2) is 0 Å². The van der Waals surface area contributed by atoms with Gasteiger partial charge in [0.05, 0.1) is 0 Å². The van der Waals surface area contributed by atoms with Gasteiger partial charge in [0.2, 0.25) is 0 Å². The number of hydrogen-bond donors (Lipinski definition) is 0. The molecule has 0 N–H and O–H groups in total. The molecule has 0 aliphatic rings. The molecule has 0 heterocycles. The molecule has 2 heteroatoms. The maximum atomic E-state index is 2.62. The Morgan fingerprint density at radius 3 is 0.887 bits per heavy atom. The zero-order valence-corrected chi connectivity index (χ0v) is 59.3. The number of benzene rings is 12. The van der Waals surface area contributed by atoms with Crippen LogP contribution in [0.3, 0.4) is 0 Å². The Labute approximate surface area is 582 Å². The van der Waals surface area contributed by atoms with Gasteiger partial charge in [-0.2, -0.15) is 0 Å². The standard InChI is InChI=1S/C95H102N2/c1-9-14-16-18-20-24-38-76-68-90(74-48-60-82(61-49-74)96(84-64-52-78(53-65-84)94(6,7)11-3)80-56-44-72(45-57-80)70-34-26-22-27-35-70)86-40-30-32-42-88(86)92(76)93-77(39-25-21-19-17-15-10-2)69-91(87-41-31-33-43-89(87)93)75-50-62-83(63-51-75)97(85-66-54-79(55-67-85)95(8,12-4)13-5)81-58-46-73(47-59-81)71-36-28-23-29-37-71/h22-23,26-37,40-69H,9-21,24-25,38-39H2,1-8H3. The van der Waals surface area contributed by atoms with E-state index in [1.807, 2.05) is 0 Å². The lowest BCUT2D eigenvalue weighted by Gasteiger charge is -2.30. The first kappa shape index (κ1) is 67.7. The van der Waals surface area contributed by atoms with Crippen LogP contribution in [0.5, 0.6) is 0 Å². The van der Waals surface area contributed by atoms with E-state index >= 15 is 0 Å². The smallest absolute Gasteiger partial charge is 0.0462 e. The van der Waals surface area contributed by atoms with Crippen LogP contribution >= 0.6 is 0 Å². The summed E-state index contributed by atoms with van der Waals surface area (Å²) in [6.45, 7) is 18.7. The summed E-state index contributed by atoms with van der Waals surface area (Å²) < 4.78 is 0. The van der Waals surface area contributed by atoms with Crippen molar-refractivity contribution in [3.63, 3.8) is 0 Å². The molecule has 0 aliphatic carbocycles. The second-order valence-electron chi connectivity index (χ2n) is 28.2. The Bertz CT molecular complexity index is 4460. The van der Waals surface area contributed by atoms with Crippen molar-refractivity contribution in [1.29, 1.82) is 0 Å². The highest BCUT2D eigenvalue weighted by Gasteiger charge is 2.26. The summed E-state index contributed by atoms with van der Waals surface area (Å²) >= 11 is 0. The molecule has 0 spiro atoms. The molecule has 0 saturated heterocycles. The van der Waals surface area contributed by atoms with Gasteiger partial charge in [-0.25, -0.2) is 0 Å². The van der Waals surface area contributed by atoms with Crippen LogP contribution in [0.1, 0.15) is 174 Å². The maximum absolute atomic E-state index is 2.62. The second kappa shape index (κ2) is 31.8. The summed E-state index contributed by atoms with van der Waals surface area (Å²) in [6.07, 6.45) is 20.4. The van der Waals surface area contributed by atoms with Crippen LogP contribution in [-0.2, 0) is 23.7 Å². The minimum atomic E-state index is 0.0934. The molecule has 0 radical (unpaired) electrons. The van der Waals surface area contributed by atoms with Crippen LogP contribution < -0.4 is 9.80 Å². The summed E-state index contributed by atoms with van der Waals surface area (Å²) in [5.74, 6) is 0. The maximum Gasteiger partial charge on any atom is 0.0462 e. The van der Waals surface area contributed by atoms with Crippen LogP contribution in [0.4, 0.5) is 34.1 Å². The molecule has 0 unspecified atom stereocenters. The number of anilines is 6. The van der Waals surface area contributed by atoms with Crippen molar-refractivity contribution in [2.24, 2.45) is 0 Å². The zero-order valence-electron chi connectivity index (χ0n) is 59.3. The predicted octanol–water partition coefficient (Wildman–Crippen LogP) is 28.8.